The number of carbonyl (C=O) groups is 2. The van der Waals surface area contributed by atoms with Gasteiger partial charge in [-0.15, -0.1) is 0 Å². The lowest BCUT2D eigenvalue weighted by molar-refractivity contribution is -0.139. The number of benzene rings is 2. The summed E-state index contributed by atoms with van der Waals surface area (Å²) in [7, 11) is -3.78. The molecule has 0 fully saturated rings. The molecular formula is C24H31Cl2N3O4S. The minimum Gasteiger partial charge on any atom is -0.352 e. The van der Waals surface area contributed by atoms with Crippen molar-refractivity contribution in [3.63, 3.8) is 0 Å². The van der Waals surface area contributed by atoms with Crippen molar-refractivity contribution >= 4 is 50.7 Å². The smallest absolute Gasteiger partial charge is 0.244 e. The van der Waals surface area contributed by atoms with Crippen molar-refractivity contribution in [2.45, 2.75) is 52.7 Å². The number of rotatable bonds is 10. The maximum atomic E-state index is 13.5. The van der Waals surface area contributed by atoms with Gasteiger partial charge in [-0.2, -0.15) is 0 Å². The Balaban J connectivity index is 2.41. The summed E-state index contributed by atoms with van der Waals surface area (Å²) in [6, 6.07) is 10.9. The molecule has 0 aromatic heterocycles. The molecule has 1 unspecified atom stereocenters. The normalized spacial score (nSPS) is 12.4. The van der Waals surface area contributed by atoms with Crippen LogP contribution in [0.15, 0.2) is 42.5 Å². The molecule has 1 N–H and O–H groups in total. The maximum absolute atomic E-state index is 13.5. The van der Waals surface area contributed by atoms with Crippen molar-refractivity contribution in [3.8, 4) is 0 Å². The van der Waals surface area contributed by atoms with E-state index in [1.54, 1.807) is 37.3 Å². The second kappa shape index (κ2) is 11.9. The number of sulfonamides is 1. The van der Waals surface area contributed by atoms with Crippen molar-refractivity contribution in [3.05, 3.63) is 63.6 Å². The molecule has 0 aliphatic rings. The van der Waals surface area contributed by atoms with Gasteiger partial charge in [0, 0.05) is 22.6 Å². The molecule has 7 nitrogen and oxygen atoms in total. The fourth-order valence-electron chi connectivity index (χ4n) is 3.33. The van der Waals surface area contributed by atoms with Crippen LogP contribution in [0.2, 0.25) is 10.0 Å². The minimum absolute atomic E-state index is 0.00783. The molecule has 0 heterocycles. The van der Waals surface area contributed by atoms with Crippen molar-refractivity contribution in [1.82, 2.24) is 10.2 Å². The van der Waals surface area contributed by atoms with Crippen LogP contribution in [0, 0.1) is 0 Å². The quantitative estimate of drug-likeness (QED) is 0.499. The van der Waals surface area contributed by atoms with E-state index < -0.39 is 28.5 Å². The van der Waals surface area contributed by atoms with E-state index in [9.17, 15) is 18.0 Å². The number of halogens is 2. The zero-order valence-electron chi connectivity index (χ0n) is 20.0. The zero-order chi connectivity index (χ0) is 25.6. The Morgan fingerprint density at radius 1 is 1.03 bits per heavy atom. The third kappa shape index (κ3) is 7.61. The fourth-order valence-corrected chi connectivity index (χ4v) is 4.65. The first-order chi connectivity index (χ1) is 15.8. The fraction of sp³-hybridized carbons (Fsp3) is 0.417. The van der Waals surface area contributed by atoms with Crippen LogP contribution < -0.4 is 9.62 Å². The molecule has 2 rings (SSSR count). The van der Waals surface area contributed by atoms with Gasteiger partial charge in [0.2, 0.25) is 21.8 Å². The van der Waals surface area contributed by atoms with Gasteiger partial charge >= 0.3 is 0 Å². The van der Waals surface area contributed by atoms with Gasteiger partial charge in [0.05, 0.1) is 11.9 Å². The molecule has 34 heavy (non-hydrogen) atoms. The van der Waals surface area contributed by atoms with Gasteiger partial charge in [-0.1, -0.05) is 48.3 Å². The monoisotopic (exact) mass is 527 g/mol. The average molecular weight is 529 g/mol. The molecular weight excluding hydrogens is 497 g/mol. The first-order valence-corrected chi connectivity index (χ1v) is 13.5. The van der Waals surface area contributed by atoms with Crippen molar-refractivity contribution in [1.29, 1.82) is 0 Å². The zero-order valence-corrected chi connectivity index (χ0v) is 22.3. The first-order valence-electron chi connectivity index (χ1n) is 10.9. The maximum Gasteiger partial charge on any atom is 0.244 e. The molecule has 0 saturated carbocycles. The Morgan fingerprint density at radius 3 is 2.15 bits per heavy atom. The molecule has 0 aliphatic carbocycles. The van der Waals surface area contributed by atoms with Crippen LogP contribution in [-0.4, -0.2) is 50.0 Å². The minimum atomic E-state index is -3.78. The summed E-state index contributed by atoms with van der Waals surface area (Å²) < 4.78 is 26.2. The molecule has 186 valence electrons. The molecule has 0 radical (unpaired) electrons. The van der Waals surface area contributed by atoms with E-state index in [0.717, 1.165) is 22.5 Å². The Bertz CT molecular complexity index is 1120. The number of aryl methyl sites for hydroxylation is 1. The summed E-state index contributed by atoms with van der Waals surface area (Å²) in [6.07, 6.45) is 1.85. The van der Waals surface area contributed by atoms with E-state index in [0.29, 0.717) is 21.3 Å². The van der Waals surface area contributed by atoms with Crippen molar-refractivity contribution in [2.24, 2.45) is 0 Å². The third-order valence-corrected chi connectivity index (χ3v) is 6.99. The largest absolute Gasteiger partial charge is 0.352 e. The highest BCUT2D eigenvalue weighted by atomic mass is 35.5. The number of anilines is 1. The number of nitrogens with zero attached hydrogens (tertiary/aromatic N) is 2. The topological polar surface area (TPSA) is 86.8 Å². The van der Waals surface area contributed by atoms with Gasteiger partial charge in [-0.05, 0) is 62.6 Å². The summed E-state index contributed by atoms with van der Waals surface area (Å²) in [5.41, 5.74) is 2.00. The Morgan fingerprint density at radius 2 is 1.65 bits per heavy atom. The molecule has 0 saturated heterocycles. The third-order valence-electron chi connectivity index (χ3n) is 5.27. The number of nitrogens with one attached hydrogen (secondary N) is 1. The second-order valence-corrected chi connectivity index (χ2v) is 11.1. The highest BCUT2D eigenvalue weighted by Crippen LogP contribution is 2.24. The van der Waals surface area contributed by atoms with E-state index in [1.165, 1.54) is 4.90 Å². The lowest BCUT2D eigenvalue weighted by atomic mass is 10.1. The van der Waals surface area contributed by atoms with E-state index in [2.05, 4.69) is 5.32 Å². The molecule has 2 aromatic rings. The molecule has 0 bridgehead atoms. The van der Waals surface area contributed by atoms with Gasteiger partial charge in [0.15, 0.2) is 0 Å². The summed E-state index contributed by atoms with van der Waals surface area (Å²) in [6.45, 7) is 6.77. The SMILES string of the molecule is CCc1ccc(N(CC(=O)N(Cc2ccc(Cl)cc2Cl)C(C)C(=O)NC(C)C)S(C)(=O)=O)cc1. The van der Waals surface area contributed by atoms with Crippen LogP contribution in [0.1, 0.15) is 38.8 Å². The van der Waals surface area contributed by atoms with Crippen LogP contribution in [0.25, 0.3) is 0 Å². The number of hydrogen-bond acceptors (Lipinski definition) is 4. The van der Waals surface area contributed by atoms with Gasteiger partial charge in [0.25, 0.3) is 0 Å². The summed E-state index contributed by atoms with van der Waals surface area (Å²) >= 11 is 12.3. The Labute approximate surface area is 212 Å². The standard InChI is InChI=1S/C24H31Cl2N3O4S/c1-6-18-7-11-21(12-8-18)29(34(5,32)33)15-23(30)28(17(4)24(31)27-16(2)3)14-19-9-10-20(25)13-22(19)26/h7-13,16-17H,6,14-15H2,1-5H3,(H,27,31). The Hall–Kier alpha value is -2.29. The highest BCUT2D eigenvalue weighted by Gasteiger charge is 2.30. The van der Waals surface area contributed by atoms with Gasteiger partial charge < -0.3 is 10.2 Å². The van der Waals surface area contributed by atoms with Crippen LogP contribution in [0.4, 0.5) is 5.69 Å². The van der Waals surface area contributed by atoms with E-state index in [4.69, 9.17) is 23.2 Å². The van der Waals surface area contributed by atoms with Crippen LogP contribution >= 0.6 is 23.2 Å². The summed E-state index contributed by atoms with van der Waals surface area (Å²) in [5.74, 6) is -0.894. The molecule has 0 aliphatic heterocycles. The average Bonchev–Trinajstić information content (AvgIpc) is 2.75. The summed E-state index contributed by atoms with van der Waals surface area (Å²) in [5, 5.41) is 3.58. The van der Waals surface area contributed by atoms with Crippen LogP contribution in [0.5, 0.6) is 0 Å². The van der Waals surface area contributed by atoms with Gasteiger partial charge in [-0.3, -0.25) is 13.9 Å². The Kier molecular flexibility index (Phi) is 9.79. The predicted octanol–water partition coefficient (Wildman–Crippen LogP) is 4.26. The number of hydrogen-bond donors (Lipinski definition) is 1. The molecule has 2 amide bonds. The van der Waals surface area contributed by atoms with Gasteiger partial charge in [-0.25, -0.2) is 8.42 Å². The van der Waals surface area contributed by atoms with E-state index >= 15 is 0 Å². The second-order valence-electron chi connectivity index (χ2n) is 8.39. The van der Waals surface area contributed by atoms with E-state index in [1.807, 2.05) is 32.9 Å². The lowest BCUT2D eigenvalue weighted by Crippen LogP contribution is -2.52. The van der Waals surface area contributed by atoms with Gasteiger partial charge in [0.1, 0.15) is 12.6 Å². The molecule has 10 heteroatoms. The predicted molar refractivity (Wildman–Crippen MR) is 138 cm³/mol. The van der Waals surface area contributed by atoms with Crippen molar-refractivity contribution < 1.29 is 18.0 Å². The first kappa shape index (κ1) is 28.0. The highest BCUT2D eigenvalue weighted by molar-refractivity contribution is 7.92. The summed E-state index contributed by atoms with van der Waals surface area (Å²) in [4.78, 5) is 27.6. The molecule has 0 spiro atoms. The number of amides is 2. The molecule has 1 atom stereocenters. The molecule has 2 aromatic carbocycles. The van der Waals surface area contributed by atoms with Crippen molar-refractivity contribution in [2.75, 3.05) is 17.1 Å². The lowest BCUT2D eigenvalue weighted by Gasteiger charge is -2.32. The van der Waals surface area contributed by atoms with Crippen LogP contribution in [-0.2, 0) is 32.6 Å². The van der Waals surface area contributed by atoms with Crippen LogP contribution in [0.3, 0.4) is 0 Å². The van der Waals surface area contributed by atoms with E-state index in [-0.39, 0.29) is 18.5 Å². The number of carbonyl (C=O) groups excluding carboxylic acids is 2.